The molecule has 1 aromatic heterocycles. The van der Waals surface area contributed by atoms with Crippen LogP contribution in [0, 0.1) is 0 Å². The van der Waals surface area contributed by atoms with Crippen LogP contribution in [0.2, 0.25) is 0 Å². The molecular weight excluding hydrogens is 406 g/mol. The Labute approximate surface area is 160 Å². The van der Waals surface area contributed by atoms with Crippen molar-refractivity contribution < 1.29 is 14.3 Å². The minimum absolute atomic E-state index is 0.0312. The van der Waals surface area contributed by atoms with Crippen LogP contribution < -0.4 is 0 Å². The van der Waals surface area contributed by atoms with Gasteiger partial charge in [-0.05, 0) is 34.1 Å². The van der Waals surface area contributed by atoms with E-state index in [9.17, 15) is 9.59 Å². The van der Waals surface area contributed by atoms with Crippen LogP contribution in [0.1, 0.15) is 4.88 Å². The van der Waals surface area contributed by atoms with Gasteiger partial charge in [0, 0.05) is 50.2 Å². The number of piperazine rings is 1. The van der Waals surface area contributed by atoms with Crippen LogP contribution in [-0.4, -0.2) is 85.5 Å². The Kier molecular flexibility index (Phi) is 6.63. The number of carbonyl (C=O) groups excluding carboxylic acids is 2. The number of amides is 2. The highest BCUT2D eigenvalue weighted by Gasteiger charge is 2.24. The van der Waals surface area contributed by atoms with E-state index in [1.165, 1.54) is 0 Å². The monoisotopic (exact) mass is 427 g/mol. The number of halogens is 1. The molecule has 2 aliphatic rings. The zero-order valence-corrected chi connectivity index (χ0v) is 16.4. The third kappa shape index (κ3) is 5.37. The molecule has 0 aromatic carbocycles. The highest BCUT2D eigenvalue weighted by atomic mass is 79.9. The second-order valence-electron chi connectivity index (χ2n) is 6.07. The van der Waals surface area contributed by atoms with Gasteiger partial charge in [-0.1, -0.05) is 0 Å². The van der Waals surface area contributed by atoms with Gasteiger partial charge in [0.05, 0.1) is 23.5 Å². The van der Waals surface area contributed by atoms with Crippen molar-refractivity contribution in [3.63, 3.8) is 0 Å². The summed E-state index contributed by atoms with van der Waals surface area (Å²) in [5.74, 6) is 0.190. The number of hydrogen-bond donors (Lipinski definition) is 0. The molecular formula is C17H22BrN3O3S. The van der Waals surface area contributed by atoms with Crippen LogP contribution in [-0.2, 0) is 14.3 Å². The number of ether oxygens (including phenoxy) is 1. The van der Waals surface area contributed by atoms with Gasteiger partial charge in [0.15, 0.2) is 0 Å². The highest BCUT2D eigenvalue weighted by molar-refractivity contribution is 9.11. The van der Waals surface area contributed by atoms with E-state index in [4.69, 9.17) is 4.74 Å². The van der Waals surface area contributed by atoms with Crippen LogP contribution in [0.5, 0.6) is 0 Å². The number of morpholine rings is 1. The molecule has 136 valence electrons. The smallest absolute Gasteiger partial charge is 0.246 e. The Bertz CT molecular complexity index is 635. The maximum Gasteiger partial charge on any atom is 0.246 e. The summed E-state index contributed by atoms with van der Waals surface area (Å²) < 4.78 is 6.33. The molecule has 0 unspecified atom stereocenters. The van der Waals surface area contributed by atoms with Gasteiger partial charge < -0.3 is 14.5 Å². The van der Waals surface area contributed by atoms with Gasteiger partial charge in [-0.25, -0.2) is 0 Å². The summed E-state index contributed by atoms with van der Waals surface area (Å²) in [7, 11) is 0. The quantitative estimate of drug-likeness (QED) is 0.683. The second-order valence-corrected chi connectivity index (χ2v) is 8.56. The van der Waals surface area contributed by atoms with Gasteiger partial charge in [-0.2, -0.15) is 0 Å². The molecule has 25 heavy (non-hydrogen) atoms. The fourth-order valence-corrected chi connectivity index (χ4v) is 4.23. The minimum atomic E-state index is 0.0312. The number of thiophene rings is 1. The Morgan fingerprint density at radius 3 is 2.44 bits per heavy atom. The third-order valence-electron chi connectivity index (χ3n) is 4.39. The molecule has 0 aliphatic carbocycles. The number of hydrogen-bond acceptors (Lipinski definition) is 5. The molecule has 2 fully saturated rings. The largest absolute Gasteiger partial charge is 0.378 e. The minimum Gasteiger partial charge on any atom is -0.378 e. The summed E-state index contributed by atoms with van der Waals surface area (Å²) in [4.78, 5) is 31.4. The number of nitrogens with zero attached hydrogens (tertiary/aromatic N) is 3. The van der Waals surface area contributed by atoms with Crippen molar-refractivity contribution in [3.05, 3.63) is 26.9 Å². The van der Waals surface area contributed by atoms with E-state index >= 15 is 0 Å². The zero-order valence-electron chi connectivity index (χ0n) is 14.0. The summed E-state index contributed by atoms with van der Waals surface area (Å²) in [5.41, 5.74) is 0. The van der Waals surface area contributed by atoms with E-state index in [1.807, 2.05) is 28.0 Å². The Morgan fingerprint density at radius 2 is 1.80 bits per heavy atom. The average Bonchev–Trinajstić information content (AvgIpc) is 3.06. The lowest BCUT2D eigenvalue weighted by atomic mass is 10.2. The van der Waals surface area contributed by atoms with Gasteiger partial charge in [0.25, 0.3) is 0 Å². The van der Waals surface area contributed by atoms with Gasteiger partial charge in [-0.15, -0.1) is 11.3 Å². The van der Waals surface area contributed by atoms with Crippen LogP contribution in [0.4, 0.5) is 0 Å². The maximum absolute atomic E-state index is 12.3. The first kappa shape index (κ1) is 18.6. The molecule has 1 aromatic rings. The Hall–Kier alpha value is -1.22. The molecule has 0 bridgehead atoms. The molecule has 0 N–H and O–H groups in total. The molecule has 0 radical (unpaired) electrons. The van der Waals surface area contributed by atoms with Gasteiger partial charge in [-0.3, -0.25) is 14.5 Å². The van der Waals surface area contributed by atoms with Crippen molar-refractivity contribution in [2.75, 3.05) is 59.0 Å². The molecule has 2 saturated heterocycles. The predicted molar refractivity (Wildman–Crippen MR) is 101 cm³/mol. The van der Waals surface area contributed by atoms with Gasteiger partial charge >= 0.3 is 0 Å². The van der Waals surface area contributed by atoms with E-state index < -0.39 is 0 Å². The van der Waals surface area contributed by atoms with Crippen molar-refractivity contribution in [1.82, 2.24) is 14.7 Å². The fourth-order valence-electron chi connectivity index (χ4n) is 2.91. The molecule has 8 heteroatoms. The lowest BCUT2D eigenvalue weighted by Gasteiger charge is -2.35. The molecule has 3 heterocycles. The summed E-state index contributed by atoms with van der Waals surface area (Å²) in [6, 6.07) is 3.95. The number of rotatable bonds is 4. The van der Waals surface area contributed by atoms with E-state index in [0.29, 0.717) is 45.9 Å². The summed E-state index contributed by atoms with van der Waals surface area (Å²) in [6.07, 6.45) is 3.49. The SMILES string of the molecule is O=C(C=Cc1ccc(Br)s1)N1CCN(CC(=O)N2CCOCC2)CC1. The van der Waals surface area contributed by atoms with Crippen molar-refractivity contribution in [2.45, 2.75) is 0 Å². The van der Waals surface area contributed by atoms with Crippen LogP contribution in [0.25, 0.3) is 6.08 Å². The first-order valence-corrected chi connectivity index (χ1v) is 10.0. The van der Waals surface area contributed by atoms with E-state index in [-0.39, 0.29) is 11.8 Å². The summed E-state index contributed by atoms with van der Waals surface area (Å²) in [6.45, 7) is 5.84. The predicted octanol–water partition coefficient (Wildman–Crippen LogP) is 1.53. The normalized spacial score (nSPS) is 19.6. The molecule has 6 nitrogen and oxygen atoms in total. The lowest BCUT2D eigenvalue weighted by Crippen LogP contribution is -2.52. The van der Waals surface area contributed by atoms with Crippen molar-refractivity contribution in [2.24, 2.45) is 0 Å². The fraction of sp³-hybridized carbons (Fsp3) is 0.529. The summed E-state index contributed by atoms with van der Waals surface area (Å²) in [5, 5.41) is 0. The Balaban J connectivity index is 1.42. The molecule has 3 rings (SSSR count). The van der Waals surface area contributed by atoms with Crippen LogP contribution in [0.15, 0.2) is 22.0 Å². The van der Waals surface area contributed by atoms with Gasteiger partial charge in [0.2, 0.25) is 11.8 Å². The molecule has 0 atom stereocenters. The topological polar surface area (TPSA) is 53.1 Å². The van der Waals surface area contributed by atoms with E-state index in [2.05, 4.69) is 20.8 Å². The highest BCUT2D eigenvalue weighted by Crippen LogP contribution is 2.23. The first-order valence-electron chi connectivity index (χ1n) is 8.42. The van der Waals surface area contributed by atoms with Crippen molar-refractivity contribution in [1.29, 1.82) is 0 Å². The molecule has 0 saturated carbocycles. The standard InChI is InChI=1S/C17H22BrN3O3S/c18-15-3-1-14(25-15)2-4-16(22)20-7-5-19(6-8-20)13-17(23)21-9-11-24-12-10-21/h1-4H,5-13H2. The Morgan fingerprint density at radius 1 is 1.08 bits per heavy atom. The number of carbonyl (C=O) groups is 2. The van der Waals surface area contributed by atoms with Crippen LogP contribution in [0.3, 0.4) is 0 Å². The summed E-state index contributed by atoms with van der Waals surface area (Å²) >= 11 is 5.01. The zero-order chi connectivity index (χ0) is 17.6. The molecule has 2 amide bonds. The van der Waals surface area contributed by atoms with E-state index in [0.717, 1.165) is 21.8 Å². The lowest BCUT2D eigenvalue weighted by molar-refractivity contribution is -0.137. The van der Waals surface area contributed by atoms with Crippen molar-refractivity contribution in [3.8, 4) is 0 Å². The van der Waals surface area contributed by atoms with Crippen molar-refractivity contribution >= 4 is 45.2 Å². The van der Waals surface area contributed by atoms with E-state index in [1.54, 1.807) is 17.4 Å². The maximum atomic E-state index is 12.3. The molecule has 2 aliphatic heterocycles. The molecule has 0 spiro atoms. The average molecular weight is 428 g/mol. The van der Waals surface area contributed by atoms with Crippen LogP contribution >= 0.6 is 27.3 Å². The first-order chi connectivity index (χ1) is 12.1. The third-order valence-corrected chi connectivity index (χ3v) is 5.98. The van der Waals surface area contributed by atoms with Gasteiger partial charge in [0.1, 0.15) is 0 Å². The second kappa shape index (κ2) is 8.93.